The minimum absolute atomic E-state index is 0.642. The number of ether oxygens (including phenoxy) is 1. The molecule has 0 amide bonds. The third-order valence-corrected chi connectivity index (χ3v) is 7.84. The molecule has 0 N–H and O–H groups in total. The van der Waals surface area contributed by atoms with Gasteiger partial charge in [0.2, 0.25) is 0 Å². The predicted octanol–water partition coefficient (Wildman–Crippen LogP) is 9.91. The van der Waals surface area contributed by atoms with Crippen LogP contribution in [0.5, 0.6) is 5.75 Å². The molecule has 1 aliphatic carbocycles. The van der Waals surface area contributed by atoms with E-state index in [-0.39, 0.29) is 0 Å². The Morgan fingerprint density at radius 1 is 0.686 bits per heavy atom. The zero-order chi connectivity index (χ0) is 24.6. The molecule has 1 aromatic heterocycles. The first kappa shape index (κ1) is 27.7. The number of hydrogen-bond donors (Lipinski definition) is 0. The molecule has 3 heteroatoms. The summed E-state index contributed by atoms with van der Waals surface area (Å²) >= 11 is 0. The first-order valence-electron chi connectivity index (χ1n) is 14.8. The number of benzene rings is 1. The van der Waals surface area contributed by atoms with Crippen LogP contribution in [-0.2, 0) is 0 Å². The molecule has 35 heavy (non-hydrogen) atoms. The van der Waals surface area contributed by atoms with Crippen molar-refractivity contribution in [3.63, 3.8) is 0 Å². The van der Waals surface area contributed by atoms with E-state index in [4.69, 9.17) is 14.7 Å². The van der Waals surface area contributed by atoms with Gasteiger partial charge in [0.15, 0.2) is 5.82 Å². The lowest BCUT2D eigenvalue weighted by atomic mass is 9.78. The summed E-state index contributed by atoms with van der Waals surface area (Å²) < 4.78 is 5.96. The van der Waals surface area contributed by atoms with E-state index in [2.05, 4.69) is 50.5 Å². The van der Waals surface area contributed by atoms with Gasteiger partial charge in [-0.3, -0.25) is 0 Å². The lowest BCUT2D eigenvalue weighted by Crippen LogP contribution is -2.13. The highest BCUT2D eigenvalue weighted by atomic mass is 16.5. The van der Waals surface area contributed by atoms with Crippen LogP contribution in [0.15, 0.2) is 36.7 Å². The Bertz CT molecular complexity index is 778. The smallest absolute Gasteiger partial charge is 0.159 e. The average Bonchev–Trinajstić information content (AvgIpc) is 2.91. The molecule has 0 saturated heterocycles. The van der Waals surface area contributed by atoms with E-state index in [1.165, 1.54) is 108 Å². The monoisotopic (exact) mass is 478 g/mol. The molecule has 1 fully saturated rings. The van der Waals surface area contributed by atoms with Gasteiger partial charge in [-0.15, -0.1) is 0 Å². The van der Waals surface area contributed by atoms with Gasteiger partial charge in [-0.25, -0.2) is 9.97 Å². The van der Waals surface area contributed by atoms with E-state index in [0.29, 0.717) is 5.92 Å². The summed E-state index contributed by atoms with van der Waals surface area (Å²) in [6.07, 6.45) is 27.1. The lowest BCUT2D eigenvalue weighted by Gasteiger charge is -2.28. The zero-order valence-corrected chi connectivity index (χ0v) is 22.6. The maximum Gasteiger partial charge on any atom is 0.159 e. The molecule has 1 aliphatic rings. The van der Waals surface area contributed by atoms with Crippen LogP contribution in [0.4, 0.5) is 0 Å². The Balaban J connectivity index is 1.31. The van der Waals surface area contributed by atoms with E-state index >= 15 is 0 Å². The third-order valence-electron chi connectivity index (χ3n) is 7.84. The molecular formula is C32H50N2O. The van der Waals surface area contributed by atoms with Crippen LogP contribution in [0.1, 0.15) is 134 Å². The van der Waals surface area contributed by atoms with Crippen molar-refractivity contribution in [1.29, 1.82) is 0 Å². The van der Waals surface area contributed by atoms with Crippen LogP contribution in [0, 0.1) is 5.92 Å². The number of hydrogen-bond acceptors (Lipinski definition) is 3. The summed E-state index contributed by atoms with van der Waals surface area (Å²) in [4.78, 5) is 9.40. The van der Waals surface area contributed by atoms with Crippen LogP contribution in [0.25, 0.3) is 11.4 Å². The number of nitrogens with zero attached hydrogens (tertiary/aromatic N) is 2. The van der Waals surface area contributed by atoms with Gasteiger partial charge in [0, 0.05) is 18.0 Å². The van der Waals surface area contributed by atoms with Crippen molar-refractivity contribution in [1.82, 2.24) is 9.97 Å². The quantitative estimate of drug-likeness (QED) is 0.212. The van der Waals surface area contributed by atoms with Crippen molar-refractivity contribution in [3.05, 3.63) is 42.2 Å². The zero-order valence-electron chi connectivity index (χ0n) is 22.6. The first-order chi connectivity index (χ1) is 17.3. The van der Waals surface area contributed by atoms with Crippen LogP contribution in [0.3, 0.4) is 0 Å². The molecule has 3 nitrogen and oxygen atoms in total. The molecular weight excluding hydrogens is 428 g/mol. The molecule has 0 bridgehead atoms. The molecule has 0 unspecified atom stereocenters. The summed E-state index contributed by atoms with van der Waals surface area (Å²) in [7, 11) is 0. The second-order valence-corrected chi connectivity index (χ2v) is 10.8. The van der Waals surface area contributed by atoms with Gasteiger partial charge in [-0.1, -0.05) is 90.9 Å². The van der Waals surface area contributed by atoms with Gasteiger partial charge in [0.05, 0.1) is 6.61 Å². The topological polar surface area (TPSA) is 35.0 Å². The predicted molar refractivity (Wildman–Crippen MR) is 149 cm³/mol. The van der Waals surface area contributed by atoms with Crippen LogP contribution in [-0.4, -0.2) is 16.6 Å². The number of unbranched alkanes of at least 4 members (excludes halogenated alkanes) is 10. The Labute approximate surface area is 215 Å². The summed E-state index contributed by atoms with van der Waals surface area (Å²) in [5.41, 5.74) is 2.38. The van der Waals surface area contributed by atoms with Gasteiger partial charge in [-0.2, -0.15) is 0 Å². The van der Waals surface area contributed by atoms with Crippen LogP contribution < -0.4 is 4.74 Å². The van der Waals surface area contributed by atoms with Gasteiger partial charge in [-0.05, 0) is 73.8 Å². The maximum atomic E-state index is 5.96. The highest BCUT2D eigenvalue weighted by Crippen LogP contribution is 2.37. The van der Waals surface area contributed by atoms with Crippen LogP contribution >= 0.6 is 0 Å². The number of aromatic nitrogens is 2. The summed E-state index contributed by atoms with van der Waals surface area (Å²) in [5.74, 6) is 3.34. The molecule has 0 aliphatic heterocycles. The molecule has 194 valence electrons. The van der Waals surface area contributed by atoms with Gasteiger partial charge < -0.3 is 4.74 Å². The third kappa shape index (κ3) is 10.3. The molecule has 3 rings (SSSR count). The Morgan fingerprint density at radius 3 is 1.86 bits per heavy atom. The molecule has 0 atom stereocenters. The van der Waals surface area contributed by atoms with E-state index in [9.17, 15) is 0 Å². The van der Waals surface area contributed by atoms with Crippen molar-refractivity contribution in [3.8, 4) is 17.1 Å². The molecule has 1 heterocycles. The summed E-state index contributed by atoms with van der Waals surface area (Å²) in [6.45, 7) is 5.38. The minimum atomic E-state index is 0.642. The van der Waals surface area contributed by atoms with E-state index in [1.807, 2.05) is 0 Å². The number of rotatable bonds is 17. The Hall–Kier alpha value is -1.90. The van der Waals surface area contributed by atoms with Crippen molar-refractivity contribution in [2.24, 2.45) is 5.92 Å². The largest absolute Gasteiger partial charge is 0.494 e. The molecule has 1 saturated carbocycles. The van der Waals surface area contributed by atoms with Gasteiger partial charge in [0.1, 0.15) is 5.75 Å². The Morgan fingerprint density at radius 2 is 1.26 bits per heavy atom. The van der Waals surface area contributed by atoms with E-state index < -0.39 is 0 Å². The fraction of sp³-hybridized carbons (Fsp3) is 0.688. The van der Waals surface area contributed by atoms with Gasteiger partial charge >= 0.3 is 0 Å². The second-order valence-electron chi connectivity index (χ2n) is 10.8. The Kier molecular flexibility index (Phi) is 13.2. The van der Waals surface area contributed by atoms with Crippen molar-refractivity contribution >= 4 is 0 Å². The maximum absolute atomic E-state index is 5.96. The highest BCUT2D eigenvalue weighted by Gasteiger charge is 2.22. The first-order valence-corrected chi connectivity index (χ1v) is 14.8. The van der Waals surface area contributed by atoms with E-state index in [1.54, 1.807) is 0 Å². The normalized spacial score (nSPS) is 18.0. The molecule has 2 aromatic rings. The van der Waals surface area contributed by atoms with Crippen LogP contribution in [0.2, 0.25) is 0 Å². The highest BCUT2D eigenvalue weighted by molar-refractivity contribution is 5.56. The fourth-order valence-electron chi connectivity index (χ4n) is 5.45. The fourth-order valence-corrected chi connectivity index (χ4v) is 5.45. The molecule has 0 spiro atoms. The molecule has 0 radical (unpaired) electrons. The van der Waals surface area contributed by atoms with E-state index in [0.717, 1.165) is 36.1 Å². The minimum Gasteiger partial charge on any atom is -0.494 e. The van der Waals surface area contributed by atoms with Crippen molar-refractivity contribution in [2.45, 2.75) is 129 Å². The van der Waals surface area contributed by atoms with Gasteiger partial charge in [0.25, 0.3) is 0 Å². The van der Waals surface area contributed by atoms with Crippen molar-refractivity contribution < 1.29 is 4.74 Å². The lowest BCUT2D eigenvalue weighted by molar-refractivity contribution is 0.304. The average molecular weight is 479 g/mol. The summed E-state index contributed by atoms with van der Waals surface area (Å²) in [6, 6.07) is 8.28. The SMILES string of the molecule is CCCCCCCCCCCCOc1ccc(-c2ncc(C3CCC(CCCC)CC3)cn2)cc1. The van der Waals surface area contributed by atoms with Crippen molar-refractivity contribution in [2.75, 3.05) is 6.61 Å². The molecule has 1 aromatic carbocycles. The summed E-state index contributed by atoms with van der Waals surface area (Å²) in [5, 5.41) is 0. The second kappa shape index (κ2) is 16.7. The standard InChI is InChI=1S/C32H50N2O/c1-3-5-7-8-9-10-11-12-13-14-24-35-31-22-20-29(21-23-31)32-33-25-30(26-34-32)28-18-16-27(17-19-28)15-6-4-2/h20-23,25-28H,3-19,24H2,1-2H3.